The lowest BCUT2D eigenvalue weighted by Crippen LogP contribution is -2.15. The Kier molecular flexibility index (Phi) is 4.48. The lowest BCUT2D eigenvalue weighted by Gasteiger charge is -2.14. The summed E-state index contributed by atoms with van der Waals surface area (Å²) in [6.45, 7) is 0.698. The van der Waals surface area contributed by atoms with Crippen molar-refractivity contribution in [3.05, 3.63) is 88.2 Å². The van der Waals surface area contributed by atoms with E-state index in [1.807, 2.05) is 48.3 Å². The summed E-state index contributed by atoms with van der Waals surface area (Å²) < 4.78 is 3.76. The molecule has 0 aliphatic heterocycles. The third-order valence-corrected chi connectivity index (χ3v) is 6.17. The lowest BCUT2D eigenvalue weighted by molar-refractivity contribution is 0.102. The van der Waals surface area contributed by atoms with Crippen LogP contribution >= 0.6 is 11.3 Å². The number of hydrogen-bond donors (Lipinski definition) is 0. The number of carbonyl (C=O) groups excluding carboxylic acids is 1. The number of fused-ring (bicyclic) bond motifs is 1. The van der Waals surface area contributed by atoms with Crippen LogP contribution in [0.5, 0.6) is 0 Å². The molecule has 5 nitrogen and oxygen atoms in total. The molecular formula is C23H20N4OS. The molecule has 5 rings (SSSR count). The van der Waals surface area contributed by atoms with E-state index in [-0.39, 0.29) is 5.78 Å². The first kappa shape index (κ1) is 17.8. The van der Waals surface area contributed by atoms with Crippen molar-refractivity contribution < 1.29 is 4.79 Å². The SMILES string of the molecule is Cn1ncc2c1CCC(=Cc1cn(Cc3ccccc3)nc1-c1cccs1)C2=O. The van der Waals surface area contributed by atoms with Gasteiger partial charge in [-0.3, -0.25) is 14.2 Å². The normalized spacial score (nSPS) is 15.1. The summed E-state index contributed by atoms with van der Waals surface area (Å²) in [5.41, 5.74) is 5.67. The van der Waals surface area contributed by atoms with Gasteiger partial charge >= 0.3 is 0 Å². The number of Topliss-reactive ketones (excluding diaryl/α,β-unsaturated/α-hetero) is 1. The second-order valence-electron chi connectivity index (χ2n) is 7.22. The van der Waals surface area contributed by atoms with Gasteiger partial charge in [0.2, 0.25) is 0 Å². The predicted molar refractivity (Wildman–Crippen MR) is 115 cm³/mol. The minimum Gasteiger partial charge on any atom is -0.289 e. The van der Waals surface area contributed by atoms with E-state index in [0.717, 1.165) is 45.8 Å². The van der Waals surface area contributed by atoms with Crippen molar-refractivity contribution in [1.29, 1.82) is 0 Å². The molecule has 29 heavy (non-hydrogen) atoms. The van der Waals surface area contributed by atoms with Crippen LogP contribution < -0.4 is 0 Å². The van der Waals surface area contributed by atoms with Gasteiger partial charge in [-0.2, -0.15) is 10.2 Å². The van der Waals surface area contributed by atoms with E-state index < -0.39 is 0 Å². The van der Waals surface area contributed by atoms with Crippen LogP contribution in [-0.2, 0) is 20.0 Å². The number of benzene rings is 1. The minimum absolute atomic E-state index is 0.0762. The van der Waals surface area contributed by atoms with E-state index in [1.54, 1.807) is 22.2 Å². The van der Waals surface area contributed by atoms with Gasteiger partial charge in [-0.15, -0.1) is 11.3 Å². The molecule has 4 aromatic rings. The average Bonchev–Trinajstić information content (AvgIpc) is 3.46. The third-order valence-electron chi connectivity index (χ3n) is 5.29. The van der Waals surface area contributed by atoms with Crippen molar-refractivity contribution >= 4 is 23.2 Å². The summed E-state index contributed by atoms with van der Waals surface area (Å²) in [6, 6.07) is 14.4. The van der Waals surface area contributed by atoms with Crippen molar-refractivity contribution in [2.75, 3.05) is 0 Å². The van der Waals surface area contributed by atoms with Crippen molar-refractivity contribution in [2.24, 2.45) is 7.05 Å². The van der Waals surface area contributed by atoms with E-state index >= 15 is 0 Å². The molecule has 1 aliphatic rings. The Morgan fingerprint density at radius 3 is 2.79 bits per heavy atom. The maximum Gasteiger partial charge on any atom is 0.192 e. The maximum absolute atomic E-state index is 13.0. The number of aryl methyl sites for hydroxylation is 1. The van der Waals surface area contributed by atoms with Crippen LogP contribution in [0.1, 0.15) is 33.6 Å². The van der Waals surface area contributed by atoms with Gasteiger partial charge in [-0.25, -0.2) is 0 Å². The molecule has 0 unspecified atom stereocenters. The summed E-state index contributed by atoms with van der Waals surface area (Å²) in [7, 11) is 1.89. The Morgan fingerprint density at radius 2 is 2.00 bits per heavy atom. The molecular weight excluding hydrogens is 380 g/mol. The van der Waals surface area contributed by atoms with Gasteiger partial charge in [0.15, 0.2) is 5.78 Å². The van der Waals surface area contributed by atoms with Crippen LogP contribution in [0.3, 0.4) is 0 Å². The molecule has 0 saturated carbocycles. The van der Waals surface area contributed by atoms with Crippen molar-refractivity contribution in [3.63, 3.8) is 0 Å². The molecule has 0 atom stereocenters. The van der Waals surface area contributed by atoms with Crippen LogP contribution in [0, 0.1) is 0 Å². The van der Waals surface area contributed by atoms with E-state index in [1.165, 1.54) is 5.56 Å². The Morgan fingerprint density at radius 1 is 1.14 bits per heavy atom. The van der Waals surface area contributed by atoms with Gasteiger partial charge in [-0.1, -0.05) is 36.4 Å². The number of ketones is 1. The zero-order valence-electron chi connectivity index (χ0n) is 16.1. The Bertz CT molecular complexity index is 1200. The van der Waals surface area contributed by atoms with Crippen LogP contribution in [-0.4, -0.2) is 25.3 Å². The molecule has 0 spiro atoms. The number of carbonyl (C=O) groups is 1. The quantitative estimate of drug-likeness (QED) is 0.470. The molecule has 0 amide bonds. The van der Waals surface area contributed by atoms with Gasteiger partial charge in [0, 0.05) is 30.1 Å². The standard InChI is InChI=1S/C23H20N4OS/c1-26-20-10-9-17(23(28)19(20)13-24-26)12-18-15-27(14-16-6-3-2-4-7-16)25-22(18)21-8-5-11-29-21/h2-8,11-13,15H,9-10,14H2,1H3. The molecule has 3 heterocycles. The molecule has 0 N–H and O–H groups in total. The third kappa shape index (κ3) is 3.36. The highest BCUT2D eigenvalue weighted by Gasteiger charge is 2.25. The van der Waals surface area contributed by atoms with E-state index in [2.05, 4.69) is 28.7 Å². The molecule has 6 heteroatoms. The van der Waals surface area contributed by atoms with Crippen LogP contribution in [0.15, 0.2) is 65.8 Å². The Balaban J connectivity index is 1.54. The van der Waals surface area contributed by atoms with Crippen molar-refractivity contribution in [1.82, 2.24) is 19.6 Å². The van der Waals surface area contributed by atoms with Gasteiger partial charge in [-0.05, 0) is 35.9 Å². The molecule has 0 fully saturated rings. The smallest absolute Gasteiger partial charge is 0.192 e. The number of aromatic nitrogens is 4. The molecule has 0 radical (unpaired) electrons. The fourth-order valence-electron chi connectivity index (χ4n) is 3.81. The minimum atomic E-state index is 0.0762. The monoisotopic (exact) mass is 400 g/mol. The lowest BCUT2D eigenvalue weighted by atomic mass is 9.90. The Hall–Kier alpha value is -3.25. The summed E-state index contributed by atoms with van der Waals surface area (Å²) in [5.74, 6) is 0.0762. The van der Waals surface area contributed by atoms with E-state index in [0.29, 0.717) is 6.54 Å². The summed E-state index contributed by atoms with van der Waals surface area (Å²) in [5, 5.41) is 11.1. The molecule has 3 aromatic heterocycles. The predicted octanol–water partition coefficient (Wildman–Crippen LogP) is 4.61. The van der Waals surface area contributed by atoms with Crippen molar-refractivity contribution in [2.45, 2.75) is 19.4 Å². The zero-order valence-corrected chi connectivity index (χ0v) is 16.9. The number of nitrogens with zero attached hydrogens (tertiary/aromatic N) is 4. The Labute approximate surface area is 172 Å². The second-order valence-corrected chi connectivity index (χ2v) is 8.17. The molecule has 144 valence electrons. The first-order valence-corrected chi connectivity index (χ1v) is 10.5. The first-order chi connectivity index (χ1) is 14.2. The van der Waals surface area contributed by atoms with Gasteiger partial charge in [0.25, 0.3) is 0 Å². The van der Waals surface area contributed by atoms with E-state index in [9.17, 15) is 4.79 Å². The van der Waals surface area contributed by atoms with E-state index in [4.69, 9.17) is 5.10 Å². The number of rotatable bonds is 4. The van der Waals surface area contributed by atoms with Crippen LogP contribution in [0.25, 0.3) is 16.6 Å². The van der Waals surface area contributed by atoms with Gasteiger partial charge < -0.3 is 0 Å². The summed E-state index contributed by atoms with van der Waals surface area (Å²) in [4.78, 5) is 14.1. The summed E-state index contributed by atoms with van der Waals surface area (Å²) in [6.07, 6.45) is 7.29. The average molecular weight is 401 g/mol. The highest BCUT2D eigenvalue weighted by molar-refractivity contribution is 7.13. The number of thiophene rings is 1. The zero-order chi connectivity index (χ0) is 19.8. The maximum atomic E-state index is 13.0. The van der Waals surface area contributed by atoms with Gasteiger partial charge in [0.1, 0.15) is 5.69 Å². The highest BCUT2D eigenvalue weighted by Crippen LogP contribution is 2.31. The molecule has 1 aromatic carbocycles. The van der Waals surface area contributed by atoms with Crippen molar-refractivity contribution in [3.8, 4) is 10.6 Å². The number of allylic oxidation sites excluding steroid dienone is 1. The fraction of sp³-hybridized carbons (Fsp3) is 0.174. The topological polar surface area (TPSA) is 52.7 Å². The largest absolute Gasteiger partial charge is 0.289 e. The van der Waals surface area contributed by atoms with Gasteiger partial charge in [0.05, 0.1) is 23.2 Å². The number of hydrogen-bond acceptors (Lipinski definition) is 4. The molecule has 0 saturated heterocycles. The second kappa shape index (κ2) is 7.29. The first-order valence-electron chi connectivity index (χ1n) is 9.60. The summed E-state index contributed by atoms with van der Waals surface area (Å²) >= 11 is 1.66. The highest BCUT2D eigenvalue weighted by atomic mass is 32.1. The molecule has 1 aliphatic carbocycles. The van der Waals surface area contributed by atoms with Crippen LogP contribution in [0.4, 0.5) is 0 Å². The molecule has 0 bridgehead atoms. The fourth-order valence-corrected chi connectivity index (χ4v) is 4.54. The van der Waals surface area contributed by atoms with Crippen LogP contribution in [0.2, 0.25) is 0 Å².